The van der Waals surface area contributed by atoms with E-state index in [1.54, 1.807) is 11.1 Å². The highest BCUT2D eigenvalue weighted by Gasteiger charge is 2.49. The summed E-state index contributed by atoms with van der Waals surface area (Å²) in [5.41, 5.74) is 1.28. The molecule has 0 unspecified atom stereocenters. The molecule has 0 radical (unpaired) electrons. The van der Waals surface area contributed by atoms with Crippen LogP contribution < -0.4 is 9.80 Å². The molecule has 1 spiro atoms. The van der Waals surface area contributed by atoms with Crippen molar-refractivity contribution >= 4 is 28.6 Å². The van der Waals surface area contributed by atoms with Crippen LogP contribution in [0, 0.1) is 12.3 Å². The van der Waals surface area contributed by atoms with Crippen molar-refractivity contribution in [3.8, 4) is 0 Å². The molecule has 0 N–H and O–H groups in total. The van der Waals surface area contributed by atoms with Crippen molar-refractivity contribution in [3.05, 3.63) is 35.9 Å². The Morgan fingerprint density at radius 2 is 1.80 bits per heavy atom. The average Bonchev–Trinajstić information content (AvgIpc) is 3.29. The standard InChI is InChI=1S/C23H24F3N7O2/c1-14-19-20(33(30-14)16-12-35-13-16)29-18(11-28-19)31-7-4-22(5-8-31)6-9-32(21(22)34)15-2-3-17(27-10-15)23(24,25)26/h2-3,10-11,16H,4-9,12-13H2,1H3. The number of amides is 1. The molecular formula is C23H24F3N7O2. The van der Waals surface area contributed by atoms with E-state index in [2.05, 4.69) is 20.0 Å². The summed E-state index contributed by atoms with van der Waals surface area (Å²) < 4.78 is 45.7. The number of anilines is 2. The first-order valence-corrected chi connectivity index (χ1v) is 11.6. The van der Waals surface area contributed by atoms with Gasteiger partial charge in [-0.2, -0.15) is 18.3 Å². The van der Waals surface area contributed by atoms with Gasteiger partial charge in [0.2, 0.25) is 5.91 Å². The summed E-state index contributed by atoms with van der Waals surface area (Å²) in [5, 5.41) is 4.60. The van der Waals surface area contributed by atoms with E-state index >= 15 is 0 Å². The van der Waals surface area contributed by atoms with Crippen LogP contribution in [0.25, 0.3) is 11.2 Å². The second-order valence-corrected chi connectivity index (χ2v) is 9.50. The number of rotatable bonds is 3. The van der Waals surface area contributed by atoms with Crippen LogP contribution in [0.15, 0.2) is 24.5 Å². The number of halogens is 3. The molecule has 1 amide bonds. The van der Waals surface area contributed by atoms with Gasteiger partial charge in [0.15, 0.2) is 5.65 Å². The van der Waals surface area contributed by atoms with Crippen LogP contribution in [-0.2, 0) is 15.7 Å². The van der Waals surface area contributed by atoms with Crippen LogP contribution in [0.4, 0.5) is 24.7 Å². The van der Waals surface area contributed by atoms with E-state index in [1.807, 2.05) is 11.6 Å². The number of ether oxygens (including phenoxy) is 1. The van der Waals surface area contributed by atoms with Crippen LogP contribution in [0.2, 0.25) is 0 Å². The molecule has 6 heterocycles. The van der Waals surface area contributed by atoms with Gasteiger partial charge in [-0.25, -0.2) is 19.6 Å². The minimum Gasteiger partial charge on any atom is -0.377 e. The number of alkyl halides is 3. The van der Waals surface area contributed by atoms with Crippen LogP contribution in [0.5, 0.6) is 0 Å². The van der Waals surface area contributed by atoms with Gasteiger partial charge in [0.1, 0.15) is 23.1 Å². The summed E-state index contributed by atoms with van der Waals surface area (Å²) in [5.74, 6) is 0.710. The Labute approximate surface area is 198 Å². The minimum atomic E-state index is -4.50. The normalized spacial score (nSPS) is 20.7. The van der Waals surface area contributed by atoms with Crippen molar-refractivity contribution in [2.45, 2.75) is 38.4 Å². The van der Waals surface area contributed by atoms with Crippen molar-refractivity contribution in [2.75, 3.05) is 42.6 Å². The Balaban J connectivity index is 1.17. The maximum atomic E-state index is 13.4. The lowest BCUT2D eigenvalue weighted by Gasteiger charge is -2.38. The van der Waals surface area contributed by atoms with Gasteiger partial charge in [0, 0.05) is 19.6 Å². The van der Waals surface area contributed by atoms with Crippen LogP contribution in [-0.4, -0.2) is 63.5 Å². The molecule has 3 aliphatic heterocycles. The van der Waals surface area contributed by atoms with E-state index in [4.69, 9.17) is 9.72 Å². The van der Waals surface area contributed by atoms with Crippen LogP contribution >= 0.6 is 0 Å². The van der Waals surface area contributed by atoms with E-state index in [-0.39, 0.29) is 11.9 Å². The maximum Gasteiger partial charge on any atom is 0.433 e. The molecule has 0 aromatic carbocycles. The summed E-state index contributed by atoms with van der Waals surface area (Å²) in [6.07, 6.45) is 0.343. The van der Waals surface area contributed by atoms with E-state index < -0.39 is 17.3 Å². The number of aromatic nitrogens is 5. The number of hydrogen-bond donors (Lipinski definition) is 0. The first-order valence-electron chi connectivity index (χ1n) is 11.6. The number of carbonyl (C=O) groups excluding carboxylic acids is 1. The quantitative estimate of drug-likeness (QED) is 0.561. The summed E-state index contributed by atoms with van der Waals surface area (Å²) in [6, 6.07) is 2.42. The summed E-state index contributed by atoms with van der Waals surface area (Å²) in [7, 11) is 0. The summed E-state index contributed by atoms with van der Waals surface area (Å²) in [4.78, 5) is 30.0. The SMILES string of the molecule is Cc1nn(C2COC2)c2nc(N3CCC4(CC3)CCN(c3ccc(C(F)(F)F)nc3)C4=O)cnc12. The molecule has 3 aromatic rings. The lowest BCUT2D eigenvalue weighted by atomic mass is 9.77. The third kappa shape index (κ3) is 3.62. The van der Waals surface area contributed by atoms with Gasteiger partial charge in [-0.1, -0.05) is 0 Å². The fourth-order valence-electron chi connectivity index (χ4n) is 5.22. The van der Waals surface area contributed by atoms with Crippen molar-refractivity contribution in [3.63, 3.8) is 0 Å². The Kier molecular flexibility index (Phi) is 4.99. The first-order chi connectivity index (χ1) is 16.7. The molecule has 0 atom stereocenters. The molecule has 6 rings (SSSR count). The van der Waals surface area contributed by atoms with Gasteiger partial charge in [0.25, 0.3) is 0 Å². The molecule has 184 valence electrons. The smallest absolute Gasteiger partial charge is 0.377 e. The number of piperidine rings is 1. The number of fused-ring (bicyclic) bond motifs is 1. The summed E-state index contributed by atoms with van der Waals surface area (Å²) >= 11 is 0. The van der Waals surface area contributed by atoms with Gasteiger partial charge >= 0.3 is 6.18 Å². The van der Waals surface area contributed by atoms with Crippen molar-refractivity contribution in [1.29, 1.82) is 0 Å². The molecule has 3 fully saturated rings. The molecule has 3 aliphatic rings. The second kappa shape index (κ2) is 7.87. The average molecular weight is 487 g/mol. The van der Waals surface area contributed by atoms with Gasteiger partial charge in [-0.3, -0.25) is 4.79 Å². The second-order valence-electron chi connectivity index (χ2n) is 9.50. The predicted octanol–water partition coefficient (Wildman–Crippen LogP) is 3.14. The van der Waals surface area contributed by atoms with Crippen LogP contribution in [0.1, 0.15) is 36.7 Å². The van der Waals surface area contributed by atoms with Crippen LogP contribution in [0.3, 0.4) is 0 Å². The lowest BCUT2D eigenvalue weighted by molar-refractivity contribution is -0.141. The zero-order valence-corrected chi connectivity index (χ0v) is 19.1. The Hall–Kier alpha value is -3.28. The van der Waals surface area contributed by atoms with Crippen molar-refractivity contribution in [2.24, 2.45) is 5.41 Å². The van der Waals surface area contributed by atoms with Gasteiger partial charge in [-0.05, 0) is 38.3 Å². The zero-order chi connectivity index (χ0) is 24.4. The fourth-order valence-corrected chi connectivity index (χ4v) is 5.22. The molecule has 35 heavy (non-hydrogen) atoms. The molecule has 0 aliphatic carbocycles. The highest BCUT2D eigenvalue weighted by atomic mass is 19.4. The Bertz CT molecular complexity index is 1280. The molecule has 3 saturated heterocycles. The van der Waals surface area contributed by atoms with Crippen molar-refractivity contribution < 1.29 is 22.7 Å². The van der Waals surface area contributed by atoms with E-state index in [0.717, 1.165) is 34.9 Å². The van der Waals surface area contributed by atoms with Crippen molar-refractivity contribution in [1.82, 2.24) is 24.7 Å². The minimum absolute atomic E-state index is 0.0427. The van der Waals surface area contributed by atoms with Gasteiger partial charge in [-0.15, -0.1) is 0 Å². The monoisotopic (exact) mass is 487 g/mol. The number of aryl methyl sites for hydroxylation is 1. The highest BCUT2D eigenvalue weighted by molar-refractivity contribution is 6.00. The molecule has 12 heteroatoms. The zero-order valence-electron chi connectivity index (χ0n) is 19.1. The number of carbonyl (C=O) groups is 1. The largest absolute Gasteiger partial charge is 0.433 e. The molecule has 0 bridgehead atoms. The van der Waals surface area contributed by atoms with E-state index in [0.29, 0.717) is 57.8 Å². The molecule has 9 nitrogen and oxygen atoms in total. The molecular weight excluding hydrogens is 463 g/mol. The van der Waals surface area contributed by atoms with Gasteiger partial charge < -0.3 is 14.5 Å². The maximum absolute atomic E-state index is 13.4. The summed E-state index contributed by atoms with van der Waals surface area (Å²) in [6.45, 7) is 4.90. The number of hydrogen-bond acceptors (Lipinski definition) is 7. The third-order valence-corrected chi connectivity index (χ3v) is 7.43. The number of pyridine rings is 1. The molecule has 0 saturated carbocycles. The highest BCUT2D eigenvalue weighted by Crippen LogP contribution is 2.44. The number of nitrogens with zero attached hydrogens (tertiary/aromatic N) is 7. The van der Waals surface area contributed by atoms with E-state index in [9.17, 15) is 18.0 Å². The first kappa shape index (κ1) is 22.2. The van der Waals surface area contributed by atoms with E-state index in [1.165, 1.54) is 6.07 Å². The molecule has 3 aromatic heterocycles. The van der Waals surface area contributed by atoms with Gasteiger partial charge in [0.05, 0.1) is 42.4 Å². The predicted molar refractivity (Wildman–Crippen MR) is 120 cm³/mol. The Morgan fingerprint density at radius 1 is 1.06 bits per heavy atom. The third-order valence-electron chi connectivity index (χ3n) is 7.43. The fraction of sp³-hybridized carbons (Fsp3) is 0.522. The topological polar surface area (TPSA) is 89.3 Å². The lowest BCUT2D eigenvalue weighted by Crippen LogP contribution is -2.45. The Morgan fingerprint density at radius 3 is 2.43 bits per heavy atom.